The maximum absolute atomic E-state index is 12.7. The van der Waals surface area contributed by atoms with Crippen molar-refractivity contribution in [1.82, 2.24) is 4.90 Å². The van der Waals surface area contributed by atoms with Gasteiger partial charge in [-0.1, -0.05) is 29.8 Å². The lowest BCUT2D eigenvalue weighted by Crippen LogP contribution is -2.44. The Kier molecular flexibility index (Phi) is 6.08. The van der Waals surface area contributed by atoms with Crippen LogP contribution in [0.5, 0.6) is 0 Å². The summed E-state index contributed by atoms with van der Waals surface area (Å²) in [4.78, 5) is 52.7. The molecular weight excluding hydrogens is 408 g/mol. The van der Waals surface area contributed by atoms with Crippen LogP contribution >= 0.6 is 0 Å². The van der Waals surface area contributed by atoms with Crippen molar-refractivity contribution in [2.24, 2.45) is 0 Å². The van der Waals surface area contributed by atoms with Crippen LogP contribution in [-0.2, 0) is 20.7 Å². The topological polar surface area (TPSA) is 84.0 Å². The molecule has 2 aliphatic heterocycles. The first-order chi connectivity index (χ1) is 15.4. The summed E-state index contributed by atoms with van der Waals surface area (Å²) in [7, 11) is 0. The molecule has 1 unspecified atom stereocenters. The van der Waals surface area contributed by atoms with Crippen LogP contribution in [-0.4, -0.2) is 47.8 Å². The lowest BCUT2D eigenvalue weighted by atomic mass is 9.96. The Hall–Kier alpha value is -3.48. The number of anilines is 1. The lowest BCUT2D eigenvalue weighted by Gasteiger charge is -2.35. The zero-order valence-corrected chi connectivity index (χ0v) is 18.3. The van der Waals surface area contributed by atoms with Crippen molar-refractivity contribution in [3.8, 4) is 0 Å². The predicted molar refractivity (Wildman–Crippen MR) is 118 cm³/mol. The maximum atomic E-state index is 12.7. The molecule has 0 spiro atoms. The number of hydrogen-bond acceptors (Lipinski definition) is 5. The van der Waals surface area contributed by atoms with Crippen molar-refractivity contribution in [3.63, 3.8) is 0 Å². The number of ether oxygens (including phenoxy) is 1. The molecule has 0 N–H and O–H groups in total. The third-order valence-corrected chi connectivity index (χ3v) is 6.04. The van der Waals surface area contributed by atoms with Gasteiger partial charge in [-0.15, -0.1) is 0 Å². The third kappa shape index (κ3) is 4.15. The molecule has 0 bridgehead atoms. The van der Waals surface area contributed by atoms with E-state index in [-0.39, 0.29) is 49.8 Å². The summed E-state index contributed by atoms with van der Waals surface area (Å²) in [5, 5.41) is 0. The normalized spacial score (nSPS) is 17.2. The Morgan fingerprint density at radius 1 is 1.06 bits per heavy atom. The highest BCUT2D eigenvalue weighted by Crippen LogP contribution is 2.30. The number of para-hydroxylation sites is 1. The molecule has 32 heavy (non-hydrogen) atoms. The number of benzene rings is 2. The quantitative estimate of drug-likeness (QED) is 0.515. The average Bonchev–Trinajstić information content (AvgIpc) is 3.01. The number of rotatable bonds is 6. The molecule has 166 valence electrons. The van der Waals surface area contributed by atoms with Gasteiger partial charge in [-0.05, 0) is 56.9 Å². The molecule has 0 saturated heterocycles. The van der Waals surface area contributed by atoms with Gasteiger partial charge in [0.25, 0.3) is 17.7 Å². The zero-order chi connectivity index (χ0) is 22.8. The summed E-state index contributed by atoms with van der Waals surface area (Å²) >= 11 is 0. The van der Waals surface area contributed by atoms with Gasteiger partial charge in [-0.2, -0.15) is 0 Å². The van der Waals surface area contributed by atoms with Crippen LogP contribution in [0.25, 0.3) is 0 Å². The van der Waals surface area contributed by atoms with Crippen LogP contribution in [0.3, 0.4) is 0 Å². The second-order valence-electron chi connectivity index (χ2n) is 8.36. The van der Waals surface area contributed by atoms with E-state index in [1.165, 1.54) is 0 Å². The van der Waals surface area contributed by atoms with Crippen LogP contribution < -0.4 is 4.90 Å². The van der Waals surface area contributed by atoms with E-state index in [1.807, 2.05) is 38.1 Å². The molecule has 2 aromatic carbocycles. The standard InChI is InChI=1S/C25H26N2O5/c1-16-9-12-19-20(14-16)25(31)26(24(19)30)13-5-8-23(29)32-15-22(28)27-17(2)10-11-18-6-3-4-7-21(18)27/h3-4,6-7,9,12,14,17H,5,8,10-11,13,15H2,1-2H3. The van der Waals surface area contributed by atoms with E-state index >= 15 is 0 Å². The van der Waals surface area contributed by atoms with Crippen molar-refractivity contribution in [1.29, 1.82) is 0 Å². The number of imide groups is 1. The maximum Gasteiger partial charge on any atom is 0.306 e. The number of fused-ring (bicyclic) bond motifs is 2. The fourth-order valence-corrected chi connectivity index (χ4v) is 4.34. The van der Waals surface area contributed by atoms with Crippen LogP contribution in [0.2, 0.25) is 0 Å². The van der Waals surface area contributed by atoms with Gasteiger partial charge < -0.3 is 9.64 Å². The van der Waals surface area contributed by atoms with Gasteiger partial charge in [-0.3, -0.25) is 24.1 Å². The first-order valence-electron chi connectivity index (χ1n) is 10.9. The highest BCUT2D eigenvalue weighted by molar-refractivity contribution is 6.21. The third-order valence-electron chi connectivity index (χ3n) is 6.04. The van der Waals surface area contributed by atoms with Gasteiger partial charge in [0, 0.05) is 24.7 Å². The molecule has 0 aromatic heterocycles. The Balaban J connectivity index is 1.27. The molecule has 0 radical (unpaired) electrons. The summed E-state index contributed by atoms with van der Waals surface area (Å²) < 4.78 is 5.20. The molecular formula is C25H26N2O5. The number of hydrogen-bond donors (Lipinski definition) is 0. The zero-order valence-electron chi connectivity index (χ0n) is 18.3. The second kappa shape index (κ2) is 8.94. The fourth-order valence-electron chi connectivity index (χ4n) is 4.34. The highest BCUT2D eigenvalue weighted by atomic mass is 16.5. The van der Waals surface area contributed by atoms with Crippen molar-refractivity contribution >= 4 is 29.4 Å². The lowest BCUT2D eigenvalue weighted by molar-refractivity contribution is -0.148. The van der Waals surface area contributed by atoms with E-state index in [2.05, 4.69) is 0 Å². The number of carbonyl (C=O) groups is 4. The summed E-state index contributed by atoms with van der Waals surface area (Å²) in [6.07, 6.45) is 2.07. The van der Waals surface area contributed by atoms with Crippen molar-refractivity contribution < 1.29 is 23.9 Å². The first-order valence-corrected chi connectivity index (χ1v) is 10.9. The summed E-state index contributed by atoms with van der Waals surface area (Å²) in [5.41, 5.74) is 3.68. The van der Waals surface area contributed by atoms with E-state index in [4.69, 9.17) is 4.74 Å². The molecule has 3 amide bonds. The summed E-state index contributed by atoms with van der Waals surface area (Å²) in [6, 6.07) is 13.0. The van der Waals surface area contributed by atoms with E-state index in [0.29, 0.717) is 11.1 Å². The van der Waals surface area contributed by atoms with Crippen LogP contribution in [0, 0.1) is 6.92 Å². The highest BCUT2D eigenvalue weighted by Gasteiger charge is 2.35. The number of esters is 1. The number of aryl methyl sites for hydroxylation is 2. The van der Waals surface area contributed by atoms with E-state index in [9.17, 15) is 19.2 Å². The summed E-state index contributed by atoms with van der Waals surface area (Å²) in [6.45, 7) is 3.65. The minimum absolute atomic E-state index is 0.0197. The predicted octanol–water partition coefficient (Wildman–Crippen LogP) is 3.28. The minimum atomic E-state index is -0.524. The molecule has 2 aromatic rings. The average molecular weight is 434 g/mol. The summed E-state index contributed by atoms with van der Waals surface area (Å²) in [5.74, 6) is -1.46. The van der Waals surface area contributed by atoms with Crippen LogP contribution in [0.15, 0.2) is 42.5 Å². The second-order valence-corrected chi connectivity index (χ2v) is 8.36. The minimum Gasteiger partial charge on any atom is -0.456 e. The first kappa shape index (κ1) is 21.7. The number of carbonyl (C=O) groups excluding carboxylic acids is 4. The number of nitrogens with zero attached hydrogens (tertiary/aromatic N) is 2. The van der Waals surface area contributed by atoms with E-state index in [1.54, 1.807) is 23.1 Å². The van der Waals surface area contributed by atoms with E-state index < -0.39 is 5.97 Å². The van der Waals surface area contributed by atoms with Gasteiger partial charge >= 0.3 is 5.97 Å². The van der Waals surface area contributed by atoms with E-state index in [0.717, 1.165) is 34.6 Å². The Morgan fingerprint density at radius 2 is 1.81 bits per heavy atom. The largest absolute Gasteiger partial charge is 0.456 e. The van der Waals surface area contributed by atoms with Crippen molar-refractivity contribution in [2.75, 3.05) is 18.1 Å². The molecule has 2 aliphatic rings. The number of amides is 3. The van der Waals surface area contributed by atoms with Gasteiger partial charge in [0.2, 0.25) is 0 Å². The van der Waals surface area contributed by atoms with Gasteiger partial charge in [0.05, 0.1) is 11.1 Å². The van der Waals surface area contributed by atoms with Crippen molar-refractivity contribution in [3.05, 3.63) is 64.7 Å². The molecule has 0 saturated carbocycles. The van der Waals surface area contributed by atoms with Gasteiger partial charge in [0.1, 0.15) is 0 Å². The molecule has 4 rings (SSSR count). The van der Waals surface area contributed by atoms with Gasteiger partial charge in [0.15, 0.2) is 6.61 Å². The fraction of sp³-hybridized carbons (Fsp3) is 0.360. The monoisotopic (exact) mass is 434 g/mol. The Labute approximate surface area is 187 Å². The molecule has 2 heterocycles. The molecule has 0 aliphatic carbocycles. The van der Waals surface area contributed by atoms with Crippen LogP contribution in [0.4, 0.5) is 5.69 Å². The Bertz CT molecular complexity index is 1090. The molecule has 7 nitrogen and oxygen atoms in total. The van der Waals surface area contributed by atoms with Crippen LogP contribution in [0.1, 0.15) is 58.0 Å². The molecule has 7 heteroatoms. The molecule has 0 fully saturated rings. The SMILES string of the molecule is Cc1ccc2c(c1)C(=O)N(CCCC(=O)OCC(=O)N1c3ccccc3CCC1C)C2=O. The van der Waals surface area contributed by atoms with Crippen molar-refractivity contribution in [2.45, 2.75) is 45.6 Å². The molecule has 1 atom stereocenters. The van der Waals surface area contributed by atoms with Gasteiger partial charge in [-0.25, -0.2) is 0 Å². The Morgan fingerprint density at radius 3 is 2.62 bits per heavy atom. The smallest absolute Gasteiger partial charge is 0.306 e.